The predicted molar refractivity (Wildman–Crippen MR) is 94.6 cm³/mol. The van der Waals surface area contributed by atoms with Gasteiger partial charge >= 0.3 is 0 Å². The van der Waals surface area contributed by atoms with Crippen molar-refractivity contribution in [3.8, 4) is 0 Å². The molecule has 2 aliphatic heterocycles. The van der Waals surface area contributed by atoms with Gasteiger partial charge in [-0.2, -0.15) is 0 Å². The molecule has 24 heavy (non-hydrogen) atoms. The maximum atomic E-state index is 12.9. The monoisotopic (exact) mass is 331 g/mol. The molecule has 1 aromatic rings. The summed E-state index contributed by atoms with van der Waals surface area (Å²) in [5.74, 6) is -0.0166. The van der Waals surface area contributed by atoms with Crippen LogP contribution >= 0.6 is 0 Å². The summed E-state index contributed by atoms with van der Waals surface area (Å²) in [4.78, 5) is 30.6. The van der Waals surface area contributed by atoms with Crippen LogP contribution in [0.1, 0.15) is 78.1 Å². The molecule has 2 fully saturated rings. The van der Waals surface area contributed by atoms with Crippen molar-refractivity contribution in [3.63, 3.8) is 0 Å². The number of rotatable bonds is 5. The van der Waals surface area contributed by atoms with Crippen molar-refractivity contribution in [2.24, 2.45) is 0 Å². The van der Waals surface area contributed by atoms with Crippen molar-refractivity contribution >= 4 is 11.7 Å². The lowest BCUT2D eigenvalue weighted by Gasteiger charge is -2.32. The number of ketones is 1. The van der Waals surface area contributed by atoms with Crippen LogP contribution in [0.2, 0.25) is 0 Å². The third-order valence-electron chi connectivity index (χ3n) is 5.54. The van der Waals surface area contributed by atoms with Crippen LogP contribution < -0.4 is 5.32 Å². The van der Waals surface area contributed by atoms with E-state index in [1.165, 1.54) is 19.3 Å². The van der Waals surface area contributed by atoms with Gasteiger partial charge in [0.2, 0.25) is 0 Å². The molecule has 2 atom stereocenters. The second-order valence-corrected chi connectivity index (χ2v) is 7.25. The minimum Gasteiger partial charge on any atom is -0.354 e. The highest BCUT2D eigenvalue weighted by Crippen LogP contribution is 2.28. The Kier molecular flexibility index (Phi) is 5.09. The molecular formula is C19H29N3O2. The van der Waals surface area contributed by atoms with Crippen molar-refractivity contribution in [2.75, 3.05) is 13.1 Å². The minimum atomic E-state index is -0.0496. The highest BCUT2D eigenvalue weighted by atomic mass is 16.2. The standard InChI is InChI=1S/C19H29N3O2/c1-4-7-14-17(13(3)23)12(2)20-18(14)19(24)21-15-9-11-22-10-6-5-8-16(15)22/h15-16,20H,4-11H2,1-3H3,(H,21,24). The number of carbonyl (C=O) groups excluding carboxylic acids is 2. The van der Waals surface area contributed by atoms with E-state index in [1.807, 2.05) is 6.92 Å². The number of aryl methyl sites for hydroxylation is 1. The first kappa shape index (κ1) is 17.2. The Labute approximate surface area is 144 Å². The summed E-state index contributed by atoms with van der Waals surface area (Å²) in [6.45, 7) is 7.78. The van der Waals surface area contributed by atoms with Gasteiger partial charge < -0.3 is 10.3 Å². The van der Waals surface area contributed by atoms with Gasteiger partial charge in [0.25, 0.3) is 5.91 Å². The number of aromatic amines is 1. The Morgan fingerprint density at radius 2 is 2.04 bits per heavy atom. The van der Waals surface area contributed by atoms with E-state index in [9.17, 15) is 9.59 Å². The van der Waals surface area contributed by atoms with Crippen LogP contribution in [0.4, 0.5) is 0 Å². The zero-order chi connectivity index (χ0) is 17.3. The molecule has 5 heteroatoms. The maximum absolute atomic E-state index is 12.9. The second kappa shape index (κ2) is 7.09. The number of fused-ring (bicyclic) bond motifs is 1. The first-order valence-electron chi connectivity index (χ1n) is 9.30. The normalized spacial score (nSPS) is 24.0. The number of carbonyl (C=O) groups is 2. The molecular weight excluding hydrogens is 302 g/mol. The molecule has 3 heterocycles. The van der Waals surface area contributed by atoms with Gasteiger partial charge in [-0.1, -0.05) is 19.8 Å². The van der Waals surface area contributed by atoms with E-state index in [-0.39, 0.29) is 17.7 Å². The lowest BCUT2D eigenvalue weighted by atomic mass is 9.98. The van der Waals surface area contributed by atoms with Gasteiger partial charge in [0, 0.05) is 29.9 Å². The number of H-pyrrole nitrogens is 1. The van der Waals surface area contributed by atoms with E-state index in [2.05, 4.69) is 22.1 Å². The lowest BCUT2D eigenvalue weighted by Crippen LogP contribution is -2.47. The average Bonchev–Trinajstić information content (AvgIpc) is 3.09. The number of amides is 1. The third kappa shape index (κ3) is 3.14. The van der Waals surface area contributed by atoms with Gasteiger partial charge in [-0.25, -0.2) is 0 Å². The quantitative estimate of drug-likeness (QED) is 0.816. The van der Waals surface area contributed by atoms with Crippen molar-refractivity contribution in [1.29, 1.82) is 0 Å². The van der Waals surface area contributed by atoms with E-state index in [4.69, 9.17) is 0 Å². The van der Waals surface area contributed by atoms with Gasteiger partial charge in [-0.15, -0.1) is 0 Å². The molecule has 0 spiro atoms. The first-order valence-corrected chi connectivity index (χ1v) is 9.30. The third-order valence-corrected chi connectivity index (χ3v) is 5.54. The van der Waals surface area contributed by atoms with Crippen LogP contribution in [0.15, 0.2) is 0 Å². The van der Waals surface area contributed by atoms with Crippen LogP contribution in [0.5, 0.6) is 0 Å². The summed E-state index contributed by atoms with van der Waals surface area (Å²) in [7, 11) is 0. The van der Waals surface area contributed by atoms with E-state index in [0.717, 1.165) is 43.6 Å². The number of hydrogen-bond acceptors (Lipinski definition) is 3. The first-order chi connectivity index (χ1) is 11.5. The number of Topliss-reactive ketones (excluding diaryl/α,β-unsaturated/α-hetero) is 1. The summed E-state index contributed by atoms with van der Waals surface area (Å²) in [6.07, 6.45) is 6.40. The highest BCUT2D eigenvalue weighted by molar-refractivity contribution is 6.02. The summed E-state index contributed by atoms with van der Waals surface area (Å²) < 4.78 is 0. The fourth-order valence-corrected chi connectivity index (χ4v) is 4.50. The van der Waals surface area contributed by atoms with Crippen LogP contribution in [-0.4, -0.2) is 46.7 Å². The summed E-state index contributed by atoms with van der Waals surface area (Å²) in [5.41, 5.74) is 2.99. The fraction of sp³-hybridized carbons (Fsp3) is 0.684. The summed E-state index contributed by atoms with van der Waals surface area (Å²) in [6, 6.07) is 0.720. The molecule has 2 N–H and O–H groups in total. The zero-order valence-corrected chi connectivity index (χ0v) is 15.1. The largest absolute Gasteiger partial charge is 0.354 e. The molecule has 0 bridgehead atoms. The summed E-state index contributed by atoms with van der Waals surface area (Å²) in [5, 5.41) is 3.25. The SMILES string of the molecule is CCCc1c(C(=O)NC2CCN3CCCCC23)[nH]c(C)c1C(C)=O. The molecule has 0 saturated carbocycles. The van der Waals surface area contributed by atoms with Crippen molar-refractivity contribution in [3.05, 3.63) is 22.5 Å². The molecule has 2 aliphatic rings. The highest BCUT2D eigenvalue weighted by Gasteiger charge is 2.37. The van der Waals surface area contributed by atoms with Gasteiger partial charge in [-0.3, -0.25) is 14.5 Å². The van der Waals surface area contributed by atoms with Crippen LogP contribution in [0.25, 0.3) is 0 Å². The van der Waals surface area contributed by atoms with E-state index in [1.54, 1.807) is 6.92 Å². The van der Waals surface area contributed by atoms with Crippen molar-refractivity contribution < 1.29 is 9.59 Å². The molecule has 1 amide bonds. The Morgan fingerprint density at radius 1 is 1.25 bits per heavy atom. The maximum Gasteiger partial charge on any atom is 0.268 e. The Hall–Kier alpha value is -1.62. The van der Waals surface area contributed by atoms with Gasteiger partial charge in [0.05, 0.1) is 0 Å². The van der Waals surface area contributed by atoms with Gasteiger partial charge in [-0.05, 0) is 51.6 Å². The molecule has 132 valence electrons. The van der Waals surface area contributed by atoms with Gasteiger partial charge in [0.1, 0.15) is 5.69 Å². The molecule has 0 aliphatic carbocycles. The van der Waals surface area contributed by atoms with Crippen molar-refractivity contribution in [1.82, 2.24) is 15.2 Å². The predicted octanol–water partition coefficient (Wildman–Crippen LogP) is 2.83. The molecule has 0 aromatic carbocycles. The fourth-order valence-electron chi connectivity index (χ4n) is 4.50. The molecule has 2 unspecified atom stereocenters. The zero-order valence-electron chi connectivity index (χ0n) is 15.1. The smallest absolute Gasteiger partial charge is 0.268 e. The van der Waals surface area contributed by atoms with Crippen LogP contribution in [0.3, 0.4) is 0 Å². The van der Waals surface area contributed by atoms with Gasteiger partial charge in [0.15, 0.2) is 5.78 Å². The summed E-state index contributed by atoms with van der Waals surface area (Å²) >= 11 is 0. The topological polar surface area (TPSA) is 65.2 Å². The average molecular weight is 331 g/mol. The number of nitrogens with zero attached hydrogens (tertiary/aromatic N) is 1. The number of aromatic nitrogens is 1. The van der Waals surface area contributed by atoms with E-state index in [0.29, 0.717) is 17.3 Å². The molecule has 2 saturated heterocycles. The van der Waals surface area contributed by atoms with Crippen LogP contribution in [-0.2, 0) is 6.42 Å². The number of nitrogens with one attached hydrogen (secondary N) is 2. The molecule has 5 nitrogen and oxygen atoms in total. The second-order valence-electron chi connectivity index (χ2n) is 7.25. The van der Waals surface area contributed by atoms with Crippen molar-refractivity contribution in [2.45, 2.75) is 71.4 Å². The Balaban J connectivity index is 1.80. The molecule has 3 rings (SSSR count). The number of piperidine rings is 1. The van der Waals surface area contributed by atoms with Crippen LogP contribution in [0, 0.1) is 6.92 Å². The minimum absolute atomic E-state index is 0.0329. The van der Waals surface area contributed by atoms with E-state index < -0.39 is 0 Å². The number of hydrogen-bond donors (Lipinski definition) is 2. The van der Waals surface area contributed by atoms with E-state index >= 15 is 0 Å². The lowest BCUT2D eigenvalue weighted by molar-refractivity contribution is 0.0909. The molecule has 0 radical (unpaired) electrons. The molecule has 1 aromatic heterocycles. The Morgan fingerprint density at radius 3 is 2.75 bits per heavy atom. The Bertz CT molecular complexity index is 635.